The fraction of sp³-hybridized carbons (Fsp3) is 0.250. The number of hydrogen-bond donors (Lipinski definition) is 1. The molecule has 1 heterocycles. The van der Waals surface area contributed by atoms with Gasteiger partial charge in [0, 0.05) is 11.9 Å². The number of aromatic nitrogens is 1. The van der Waals surface area contributed by atoms with Gasteiger partial charge < -0.3 is 5.11 Å². The van der Waals surface area contributed by atoms with Crippen molar-refractivity contribution in [3.05, 3.63) is 65.5 Å². The van der Waals surface area contributed by atoms with Gasteiger partial charge >= 0.3 is 5.97 Å². The summed E-state index contributed by atoms with van der Waals surface area (Å²) in [5.41, 5.74) is 2.92. The van der Waals surface area contributed by atoms with Gasteiger partial charge in [-0.05, 0) is 37.5 Å². The van der Waals surface area contributed by atoms with Crippen molar-refractivity contribution < 1.29 is 9.90 Å². The first-order valence-electron chi connectivity index (χ1n) is 6.36. The van der Waals surface area contributed by atoms with Crippen LogP contribution in [0, 0.1) is 6.92 Å². The van der Waals surface area contributed by atoms with Crippen molar-refractivity contribution in [2.75, 3.05) is 0 Å². The first-order chi connectivity index (χ1) is 9.16. The minimum atomic E-state index is -0.778. The molecule has 19 heavy (non-hydrogen) atoms. The van der Waals surface area contributed by atoms with Crippen LogP contribution in [-0.2, 0) is 11.2 Å². The van der Waals surface area contributed by atoms with Gasteiger partial charge in [-0.1, -0.05) is 35.9 Å². The van der Waals surface area contributed by atoms with Crippen LogP contribution in [-0.4, -0.2) is 16.1 Å². The highest BCUT2D eigenvalue weighted by Crippen LogP contribution is 2.22. The fourth-order valence-corrected chi connectivity index (χ4v) is 2.07. The molecule has 0 aliphatic rings. The predicted molar refractivity (Wildman–Crippen MR) is 74.1 cm³/mol. The Bertz CT molecular complexity index is 534. The number of aryl methyl sites for hydroxylation is 2. The number of rotatable bonds is 5. The van der Waals surface area contributed by atoms with Gasteiger partial charge in [-0.3, -0.25) is 9.78 Å². The van der Waals surface area contributed by atoms with E-state index >= 15 is 0 Å². The largest absolute Gasteiger partial charge is 0.481 e. The average Bonchev–Trinajstić information content (AvgIpc) is 2.42. The van der Waals surface area contributed by atoms with Crippen molar-refractivity contribution >= 4 is 5.97 Å². The number of carboxylic acid groups (broad SMARTS) is 1. The van der Waals surface area contributed by atoms with E-state index in [4.69, 9.17) is 0 Å². The van der Waals surface area contributed by atoms with Crippen molar-refractivity contribution in [2.45, 2.75) is 25.7 Å². The zero-order valence-corrected chi connectivity index (χ0v) is 10.9. The van der Waals surface area contributed by atoms with E-state index in [1.165, 1.54) is 0 Å². The van der Waals surface area contributed by atoms with Crippen LogP contribution in [0.15, 0.2) is 48.7 Å². The summed E-state index contributed by atoms with van der Waals surface area (Å²) in [6.07, 6.45) is 2.97. The van der Waals surface area contributed by atoms with E-state index in [1.54, 1.807) is 6.20 Å². The lowest BCUT2D eigenvalue weighted by molar-refractivity contribution is -0.138. The van der Waals surface area contributed by atoms with Gasteiger partial charge in [-0.25, -0.2) is 0 Å². The van der Waals surface area contributed by atoms with Crippen LogP contribution < -0.4 is 0 Å². The van der Waals surface area contributed by atoms with Crippen LogP contribution in [0.2, 0.25) is 0 Å². The lowest BCUT2D eigenvalue weighted by Crippen LogP contribution is -2.13. The van der Waals surface area contributed by atoms with Crippen LogP contribution in [0.5, 0.6) is 0 Å². The Balaban J connectivity index is 2.09. The van der Waals surface area contributed by atoms with Crippen LogP contribution in [0.3, 0.4) is 0 Å². The molecule has 98 valence electrons. The highest BCUT2D eigenvalue weighted by molar-refractivity contribution is 5.76. The molecule has 2 aromatic rings. The molecule has 1 aromatic carbocycles. The van der Waals surface area contributed by atoms with Gasteiger partial charge in [-0.15, -0.1) is 0 Å². The Kier molecular flexibility index (Phi) is 4.29. The second kappa shape index (κ2) is 6.14. The Hall–Kier alpha value is -2.16. The van der Waals surface area contributed by atoms with E-state index in [2.05, 4.69) is 4.98 Å². The summed E-state index contributed by atoms with van der Waals surface area (Å²) in [5, 5.41) is 9.35. The summed E-state index contributed by atoms with van der Waals surface area (Å²) in [5.74, 6) is -1.25. The molecule has 0 spiro atoms. The maximum absolute atomic E-state index is 11.4. The first-order valence-corrected chi connectivity index (χ1v) is 6.36. The monoisotopic (exact) mass is 255 g/mol. The van der Waals surface area contributed by atoms with Crippen LogP contribution in [0.1, 0.15) is 29.2 Å². The van der Waals surface area contributed by atoms with Gasteiger partial charge in [0.05, 0.1) is 5.92 Å². The number of hydrogen-bond acceptors (Lipinski definition) is 2. The van der Waals surface area contributed by atoms with Crippen LogP contribution >= 0.6 is 0 Å². The third-order valence-electron chi connectivity index (χ3n) is 3.19. The summed E-state index contributed by atoms with van der Waals surface area (Å²) >= 11 is 0. The molecule has 0 radical (unpaired) electrons. The fourth-order valence-electron chi connectivity index (χ4n) is 2.07. The van der Waals surface area contributed by atoms with E-state index in [0.29, 0.717) is 12.8 Å². The molecule has 1 N–H and O–H groups in total. The molecule has 0 bridgehead atoms. The summed E-state index contributed by atoms with van der Waals surface area (Å²) in [6.45, 7) is 1.99. The second-order valence-corrected chi connectivity index (χ2v) is 4.66. The molecule has 1 unspecified atom stereocenters. The summed E-state index contributed by atoms with van der Waals surface area (Å²) in [7, 11) is 0. The predicted octanol–water partition coefficient (Wildman–Crippen LogP) is 3.19. The molecule has 3 heteroatoms. The average molecular weight is 255 g/mol. The number of aliphatic carboxylic acids is 1. The standard InChI is InChI=1S/C16H17NO2/c1-12-5-7-13(8-6-12)15(16(18)19)10-9-14-4-2-3-11-17-14/h2-8,11,15H,9-10H2,1H3,(H,18,19). The molecule has 3 nitrogen and oxygen atoms in total. The Morgan fingerprint density at radius 3 is 2.53 bits per heavy atom. The number of nitrogens with zero attached hydrogens (tertiary/aromatic N) is 1. The van der Waals surface area contributed by atoms with E-state index < -0.39 is 11.9 Å². The Labute approximate surface area is 112 Å². The molecule has 2 rings (SSSR count). The molecule has 0 fully saturated rings. The van der Waals surface area contributed by atoms with Crippen molar-refractivity contribution in [2.24, 2.45) is 0 Å². The van der Waals surface area contributed by atoms with E-state index in [1.807, 2.05) is 49.4 Å². The molecule has 1 atom stereocenters. The number of carboxylic acids is 1. The van der Waals surface area contributed by atoms with Gasteiger partial charge in [-0.2, -0.15) is 0 Å². The smallest absolute Gasteiger partial charge is 0.310 e. The third kappa shape index (κ3) is 3.65. The lowest BCUT2D eigenvalue weighted by Gasteiger charge is -2.12. The molecule has 0 aliphatic carbocycles. The van der Waals surface area contributed by atoms with E-state index in [0.717, 1.165) is 16.8 Å². The molecule has 0 aliphatic heterocycles. The lowest BCUT2D eigenvalue weighted by atomic mass is 9.93. The zero-order valence-electron chi connectivity index (χ0n) is 10.9. The van der Waals surface area contributed by atoms with Crippen molar-refractivity contribution in [3.8, 4) is 0 Å². The van der Waals surface area contributed by atoms with E-state index in [9.17, 15) is 9.90 Å². The topological polar surface area (TPSA) is 50.2 Å². The minimum Gasteiger partial charge on any atom is -0.481 e. The maximum atomic E-state index is 11.4. The SMILES string of the molecule is Cc1ccc(C(CCc2ccccn2)C(=O)O)cc1. The number of pyridine rings is 1. The third-order valence-corrected chi connectivity index (χ3v) is 3.19. The molecule has 0 saturated carbocycles. The maximum Gasteiger partial charge on any atom is 0.310 e. The quantitative estimate of drug-likeness (QED) is 0.892. The molecular weight excluding hydrogens is 238 g/mol. The van der Waals surface area contributed by atoms with Gasteiger partial charge in [0.2, 0.25) is 0 Å². The zero-order chi connectivity index (χ0) is 13.7. The molecule has 0 amide bonds. The summed E-state index contributed by atoms with van der Waals surface area (Å²) < 4.78 is 0. The molecule has 1 aromatic heterocycles. The number of carbonyl (C=O) groups is 1. The molecule has 0 saturated heterocycles. The van der Waals surface area contributed by atoms with Crippen LogP contribution in [0.25, 0.3) is 0 Å². The minimum absolute atomic E-state index is 0.470. The first kappa shape index (κ1) is 13.3. The van der Waals surface area contributed by atoms with Gasteiger partial charge in [0.25, 0.3) is 0 Å². The molecular formula is C16H17NO2. The van der Waals surface area contributed by atoms with Crippen molar-refractivity contribution in [3.63, 3.8) is 0 Å². The van der Waals surface area contributed by atoms with Crippen LogP contribution in [0.4, 0.5) is 0 Å². The highest BCUT2D eigenvalue weighted by Gasteiger charge is 2.19. The number of benzene rings is 1. The van der Waals surface area contributed by atoms with E-state index in [-0.39, 0.29) is 0 Å². The van der Waals surface area contributed by atoms with Crippen molar-refractivity contribution in [1.82, 2.24) is 4.98 Å². The normalized spacial score (nSPS) is 12.1. The summed E-state index contributed by atoms with van der Waals surface area (Å²) in [4.78, 5) is 15.6. The Morgan fingerprint density at radius 1 is 1.21 bits per heavy atom. The van der Waals surface area contributed by atoms with Gasteiger partial charge in [0.15, 0.2) is 0 Å². The second-order valence-electron chi connectivity index (χ2n) is 4.66. The van der Waals surface area contributed by atoms with Gasteiger partial charge in [0.1, 0.15) is 0 Å². The summed E-state index contributed by atoms with van der Waals surface area (Å²) in [6, 6.07) is 13.4. The van der Waals surface area contributed by atoms with Crippen molar-refractivity contribution in [1.29, 1.82) is 0 Å². The Morgan fingerprint density at radius 2 is 1.95 bits per heavy atom. The highest BCUT2D eigenvalue weighted by atomic mass is 16.4.